The number of hydrogen-bond acceptors (Lipinski definition) is 4. The SMILES string of the molecule is Cc1ccc(N2CN(C(C)C)S(=O)(=O)c3cccnc32)cc1. The molecule has 0 unspecified atom stereocenters. The van der Waals surface area contributed by atoms with Crippen LogP contribution < -0.4 is 4.90 Å². The summed E-state index contributed by atoms with van der Waals surface area (Å²) in [4.78, 5) is 6.51. The first-order valence-corrected chi connectivity index (χ1v) is 8.66. The summed E-state index contributed by atoms with van der Waals surface area (Å²) in [5.41, 5.74) is 2.10. The number of pyridine rings is 1. The Labute approximate surface area is 131 Å². The second-order valence-electron chi connectivity index (χ2n) is 5.72. The van der Waals surface area contributed by atoms with Crippen LogP contribution in [-0.4, -0.2) is 30.4 Å². The van der Waals surface area contributed by atoms with Crippen molar-refractivity contribution in [1.29, 1.82) is 0 Å². The van der Waals surface area contributed by atoms with Gasteiger partial charge < -0.3 is 4.90 Å². The number of nitrogens with zero attached hydrogens (tertiary/aromatic N) is 3. The highest BCUT2D eigenvalue weighted by atomic mass is 32.2. The van der Waals surface area contributed by atoms with E-state index in [0.717, 1.165) is 11.3 Å². The largest absolute Gasteiger partial charge is 0.311 e. The van der Waals surface area contributed by atoms with Gasteiger partial charge in [0.2, 0.25) is 10.0 Å². The first-order chi connectivity index (χ1) is 10.4. The molecule has 0 saturated heterocycles. The third kappa shape index (κ3) is 2.38. The molecule has 0 radical (unpaired) electrons. The quantitative estimate of drug-likeness (QED) is 0.854. The number of aromatic nitrogens is 1. The lowest BCUT2D eigenvalue weighted by atomic mass is 10.2. The van der Waals surface area contributed by atoms with Crippen LogP contribution in [0.5, 0.6) is 0 Å². The van der Waals surface area contributed by atoms with E-state index in [0.29, 0.717) is 5.82 Å². The summed E-state index contributed by atoms with van der Waals surface area (Å²) >= 11 is 0. The first-order valence-electron chi connectivity index (χ1n) is 7.22. The molecular weight excluding hydrogens is 298 g/mol. The Morgan fingerprint density at radius 1 is 1.14 bits per heavy atom. The topological polar surface area (TPSA) is 53.5 Å². The summed E-state index contributed by atoms with van der Waals surface area (Å²) in [6.45, 7) is 6.06. The Morgan fingerprint density at radius 2 is 1.82 bits per heavy atom. The molecule has 0 fully saturated rings. The molecule has 3 rings (SSSR count). The van der Waals surface area contributed by atoms with Gasteiger partial charge >= 0.3 is 0 Å². The lowest BCUT2D eigenvalue weighted by Crippen LogP contribution is -2.48. The Bertz CT molecular complexity index is 785. The molecule has 5 nitrogen and oxygen atoms in total. The van der Waals surface area contributed by atoms with Crippen LogP contribution in [0.15, 0.2) is 47.5 Å². The van der Waals surface area contributed by atoms with Crippen molar-refractivity contribution in [2.45, 2.75) is 31.7 Å². The average molecular weight is 317 g/mol. The van der Waals surface area contributed by atoms with Gasteiger partial charge in [-0.15, -0.1) is 0 Å². The summed E-state index contributed by atoms with van der Waals surface area (Å²) in [5, 5.41) is 0. The van der Waals surface area contributed by atoms with E-state index in [1.807, 2.05) is 49.9 Å². The molecule has 1 aliphatic rings. The number of hydrogen-bond donors (Lipinski definition) is 0. The predicted molar refractivity (Wildman–Crippen MR) is 86.6 cm³/mol. The fraction of sp³-hybridized carbons (Fsp3) is 0.312. The van der Waals surface area contributed by atoms with Crippen molar-refractivity contribution in [3.8, 4) is 0 Å². The average Bonchev–Trinajstić information content (AvgIpc) is 2.48. The molecule has 2 heterocycles. The number of rotatable bonds is 2. The molecule has 22 heavy (non-hydrogen) atoms. The zero-order valence-electron chi connectivity index (χ0n) is 12.9. The fourth-order valence-corrected chi connectivity index (χ4v) is 4.28. The Balaban J connectivity index is 2.17. The van der Waals surface area contributed by atoms with Crippen molar-refractivity contribution in [3.05, 3.63) is 48.2 Å². The predicted octanol–water partition coefficient (Wildman–Crippen LogP) is 2.90. The number of fused-ring (bicyclic) bond motifs is 1. The standard InChI is InChI=1S/C16H19N3O2S/c1-12(2)19-11-18(14-8-6-13(3)7-9-14)16-15(22(19,20)21)5-4-10-17-16/h4-10,12H,11H2,1-3H3. The number of sulfonamides is 1. The minimum Gasteiger partial charge on any atom is -0.311 e. The van der Waals surface area contributed by atoms with Crippen LogP contribution in [0.4, 0.5) is 11.5 Å². The van der Waals surface area contributed by atoms with E-state index in [2.05, 4.69) is 4.98 Å². The van der Waals surface area contributed by atoms with Gasteiger partial charge in [0, 0.05) is 17.9 Å². The summed E-state index contributed by atoms with van der Waals surface area (Å²) in [6.07, 6.45) is 1.63. The minimum atomic E-state index is -3.50. The van der Waals surface area contributed by atoms with Crippen LogP contribution >= 0.6 is 0 Å². The molecule has 6 heteroatoms. The zero-order valence-corrected chi connectivity index (χ0v) is 13.7. The van der Waals surface area contributed by atoms with Crippen molar-refractivity contribution in [1.82, 2.24) is 9.29 Å². The number of benzene rings is 1. The molecule has 2 aromatic rings. The summed E-state index contributed by atoms with van der Waals surface area (Å²) in [5.74, 6) is 0.489. The molecule has 0 spiro atoms. The van der Waals surface area contributed by atoms with E-state index in [4.69, 9.17) is 0 Å². The smallest absolute Gasteiger partial charge is 0.248 e. The van der Waals surface area contributed by atoms with E-state index >= 15 is 0 Å². The molecule has 0 aliphatic carbocycles. The van der Waals surface area contributed by atoms with Crippen LogP contribution in [0, 0.1) is 6.92 Å². The van der Waals surface area contributed by atoms with Crippen LogP contribution in [0.1, 0.15) is 19.4 Å². The molecule has 0 saturated carbocycles. The van der Waals surface area contributed by atoms with Crippen molar-refractivity contribution in [2.75, 3.05) is 11.6 Å². The van der Waals surface area contributed by atoms with E-state index in [-0.39, 0.29) is 17.6 Å². The van der Waals surface area contributed by atoms with Crippen LogP contribution in [0.25, 0.3) is 0 Å². The molecule has 1 aromatic carbocycles. The third-order valence-electron chi connectivity index (χ3n) is 3.80. The first kappa shape index (κ1) is 15.0. The lowest BCUT2D eigenvalue weighted by molar-refractivity contribution is 0.351. The monoisotopic (exact) mass is 317 g/mol. The van der Waals surface area contributed by atoms with Crippen LogP contribution in [0.3, 0.4) is 0 Å². The van der Waals surface area contributed by atoms with Gasteiger partial charge in [-0.1, -0.05) is 17.7 Å². The molecular formula is C16H19N3O2S. The van der Waals surface area contributed by atoms with Crippen LogP contribution in [-0.2, 0) is 10.0 Å². The van der Waals surface area contributed by atoms with E-state index in [9.17, 15) is 8.42 Å². The summed E-state index contributed by atoms with van der Waals surface area (Å²) < 4.78 is 27.0. The van der Waals surface area contributed by atoms with E-state index < -0.39 is 10.0 Å². The van der Waals surface area contributed by atoms with Crippen molar-refractivity contribution in [2.24, 2.45) is 0 Å². The lowest BCUT2D eigenvalue weighted by Gasteiger charge is -2.38. The van der Waals surface area contributed by atoms with Gasteiger partial charge in [0.05, 0.1) is 6.67 Å². The molecule has 0 bridgehead atoms. The van der Waals surface area contributed by atoms with Gasteiger partial charge in [0.1, 0.15) is 4.90 Å². The van der Waals surface area contributed by atoms with Crippen LogP contribution in [0.2, 0.25) is 0 Å². The van der Waals surface area contributed by atoms with Crippen molar-refractivity contribution in [3.63, 3.8) is 0 Å². The summed E-state index contributed by atoms with van der Waals surface area (Å²) in [6, 6.07) is 11.2. The molecule has 0 N–H and O–H groups in total. The Hall–Kier alpha value is -1.92. The molecule has 116 valence electrons. The van der Waals surface area contributed by atoms with Crippen molar-refractivity contribution < 1.29 is 8.42 Å². The highest BCUT2D eigenvalue weighted by Gasteiger charge is 2.38. The highest BCUT2D eigenvalue weighted by Crippen LogP contribution is 2.36. The van der Waals surface area contributed by atoms with Gasteiger partial charge in [-0.25, -0.2) is 13.4 Å². The van der Waals surface area contributed by atoms with Gasteiger partial charge in [-0.05, 0) is 45.0 Å². The minimum absolute atomic E-state index is 0.119. The van der Waals surface area contributed by atoms with Gasteiger partial charge in [0.25, 0.3) is 0 Å². The fourth-order valence-electron chi connectivity index (χ4n) is 2.56. The number of aryl methyl sites for hydroxylation is 1. The number of anilines is 2. The molecule has 0 atom stereocenters. The van der Waals surface area contributed by atoms with Gasteiger partial charge in [0.15, 0.2) is 5.82 Å². The molecule has 1 aromatic heterocycles. The Kier molecular flexibility index (Phi) is 3.66. The third-order valence-corrected chi connectivity index (χ3v) is 5.82. The highest BCUT2D eigenvalue weighted by molar-refractivity contribution is 7.89. The maximum Gasteiger partial charge on any atom is 0.248 e. The van der Waals surface area contributed by atoms with E-state index in [1.165, 1.54) is 4.31 Å². The van der Waals surface area contributed by atoms with Crippen molar-refractivity contribution >= 4 is 21.5 Å². The zero-order chi connectivity index (χ0) is 15.9. The van der Waals surface area contributed by atoms with Gasteiger partial charge in [-0.2, -0.15) is 4.31 Å². The molecule has 0 amide bonds. The van der Waals surface area contributed by atoms with E-state index in [1.54, 1.807) is 18.3 Å². The molecule has 1 aliphatic heterocycles. The van der Waals surface area contributed by atoms with Gasteiger partial charge in [-0.3, -0.25) is 0 Å². The summed E-state index contributed by atoms with van der Waals surface area (Å²) in [7, 11) is -3.50. The second-order valence-corrected chi connectivity index (χ2v) is 7.58. The Morgan fingerprint density at radius 3 is 2.45 bits per heavy atom. The normalized spacial score (nSPS) is 17.5. The maximum absolute atomic E-state index is 12.7. The maximum atomic E-state index is 12.7. The second kappa shape index (κ2) is 5.37.